The lowest BCUT2D eigenvalue weighted by molar-refractivity contribution is -0.174. The molecule has 1 N–H and O–H groups in total. The van der Waals surface area contributed by atoms with Gasteiger partial charge in [0, 0.05) is 19.6 Å². The van der Waals surface area contributed by atoms with Gasteiger partial charge < -0.3 is 24.6 Å². The van der Waals surface area contributed by atoms with Crippen molar-refractivity contribution in [2.45, 2.75) is 51.3 Å². The number of ether oxygens (including phenoxy) is 2. The Morgan fingerprint density at radius 2 is 1.89 bits per heavy atom. The number of morpholine rings is 1. The summed E-state index contributed by atoms with van der Waals surface area (Å²) in [5.74, 6) is -0.656. The van der Waals surface area contributed by atoms with Crippen LogP contribution in [0.4, 0.5) is 4.79 Å². The summed E-state index contributed by atoms with van der Waals surface area (Å²) >= 11 is 0. The molecule has 0 radical (unpaired) electrons. The van der Waals surface area contributed by atoms with Gasteiger partial charge in [-0.25, -0.2) is 9.59 Å². The van der Waals surface area contributed by atoms with E-state index in [4.69, 9.17) is 9.47 Å². The molecule has 2 saturated heterocycles. The minimum absolute atomic E-state index is 0.0183. The number of hydrogen-bond acceptors (Lipinski definition) is 6. The highest BCUT2D eigenvalue weighted by molar-refractivity contribution is 5.88. The summed E-state index contributed by atoms with van der Waals surface area (Å²) in [6, 6.07) is -0.628. The Morgan fingerprint density at radius 3 is 2.41 bits per heavy atom. The molecule has 0 aromatic carbocycles. The monoisotopic (exact) mass is 381 g/mol. The van der Waals surface area contributed by atoms with Crippen molar-refractivity contribution in [1.29, 1.82) is 0 Å². The quantitative estimate of drug-likeness (QED) is 0.447. The van der Waals surface area contributed by atoms with Gasteiger partial charge in [-0.15, -0.1) is 0 Å². The molecule has 1 spiro atoms. The van der Waals surface area contributed by atoms with Crippen LogP contribution in [0.25, 0.3) is 0 Å². The number of nitrogens with zero attached hydrogens (tertiary/aromatic N) is 2. The zero-order valence-corrected chi connectivity index (χ0v) is 16.7. The number of hydrogen-bond donors (Lipinski definition) is 1. The number of amides is 2. The fourth-order valence-electron chi connectivity index (χ4n) is 3.93. The van der Waals surface area contributed by atoms with Crippen molar-refractivity contribution in [2.75, 3.05) is 33.3 Å². The topological polar surface area (TPSA) is 88.2 Å². The largest absolute Gasteiger partial charge is 0.417 e. The first kappa shape index (κ1) is 21.4. The Bertz CT molecular complexity index is 584. The molecule has 2 aliphatic heterocycles. The Morgan fingerprint density at radius 1 is 1.26 bits per heavy atom. The number of likely N-dealkylation sites (tertiary alicyclic amines) is 1. The third-order valence-corrected chi connectivity index (χ3v) is 5.70. The van der Waals surface area contributed by atoms with Gasteiger partial charge in [0.15, 0.2) is 0 Å². The molecule has 2 rings (SSSR count). The molecule has 0 saturated carbocycles. The molecular formula is C19H31N3O5. The maximum atomic E-state index is 12.4. The summed E-state index contributed by atoms with van der Waals surface area (Å²) in [4.78, 5) is 39.9. The number of likely N-dealkylation sites (N-methyl/N-ethyl adjacent to an activating group) is 1. The van der Waals surface area contributed by atoms with Gasteiger partial charge in [0.05, 0.1) is 18.2 Å². The second-order valence-electron chi connectivity index (χ2n) is 7.51. The molecule has 152 valence electrons. The van der Waals surface area contributed by atoms with Crippen LogP contribution in [0, 0.1) is 5.92 Å². The third-order valence-electron chi connectivity index (χ3n) is 5.70. The van der Waals surface area contributed by atoms with E-state index >= 15 is 0 Å². The smallest absolute Gasteiger partial charge is 0.375 e. The minimum Gasteiger partial charge on any atom is -0.375 e. The summed E-state index contributed by atoms with van der Waals surface area (Å²) in [6.45, 7) is 11.1. The average Bonchev–Trinajstić information content (AvgIpc) is 2.64. The van der Waals surface area contributed by atoms with Crippen LogP contribution in [0.2, 0.25) is 0 Å². The predicted octanol–water partition coefficient (Wildman–Crippen LogP) is 1.16. The summed E-state index contributed by atoms with van der Waals surface area (Å²) in [6.07, 6.45) is 1.86. The zero-order chi connectivity index (χ0) is 20.2. The highest BCUT2D eigenvalue weighted by atomic mass is 16.6. The van der Waals surface area contributed by atoms with Gasteiger partial charge in [0.1, 0.15) is 6.04 Å². The predicted molar refractivity (Wildman–Crippen MR) is 100 cm³/mol. The van der Waals surface area contributed by atoms with Crippen molar-refractivity contribution in [3.8, 4) is 0 Å². The van der Waals surface area contributed by atoms with Crippen LogP contribution >= 0.6 is 0 Å². The second-order valence-corrected chi connectivity index (χ2v) is 7.51. The third kappa shape index (κ3) is 4.50. The summed E-state index contributed by atoms with van der Waals surface area (Å²) < 4.78 is 11.1. The normalized spacial score (nSPS) is 23.2. The SMILES string of the molecule is C=CC(=O)N1CCOC2(CCN(C(=O)OC(=O)[C@@H](NC)C(C)C)CC2)[C@H]1C. The fourth-order valence-corrected chi connectivity index (χ4v) is 3.93. The molecule has 0 unspecified atom stereocenters. The van der Waals surface area contributed by atoms with Gasteiger partial charge >= 0.3 is 12.1 Å². The van der Waals surface area contributed by atoms with Gasteiger partial charge in [0.25, 0.3) is 0 Å². The molecular weight excluding hydrogens is 350 g/mol. The van der Waals surface area contributed by atoms with Crippen molar-refractivity contribution in [1.82, 2.24) is 15.1 Å². The molecule has 2 atom stereocenters. The molecule has 0 aromatic rings. The van der Waals surface area contributed by atoms with Gasteiger partial charge in [0.2, 0.25) is 5.91 Å². The van der Waals surface area contributed by atoms with Crippen molar-refractivity contribution in [3.05, 3.63) is 12.7 Å². The van der Waals surface area contributed by atoms with Gasteiger partial charge in [-0.1, -0.05) is 20.4 Å². The maximum Gasteiger partial charge on any atom is 0.417 e. The van der Waals surface area contributed by atoms with Gasteiger partial charge in [-0.05, 0) is 38.8 Å². The van der Waals surface area contributed by atoms with E-state index < -0.39 is 23.7 Å². The molecule has 8 nitrogen and oxygen atoms in total. The van der Waals surface area contributed by atoms with Gasteiger partial charge in [-0.2, -0.15) is 0 Å². The van der Waals surface area contributed by atoms with Crippen molar-refractivity contribution in [3.63, 3.8) is 0 Å². The van der Waals surface area contributed by atoms with Crippen molar-refractivity contribution < 1.29 is 23.9 Å². The molecule has 0 aliphatic carbocycles. The Labute approximate surface area is 160 Å². The van der Waals surface area contributed by atoms with E-state index in [1.165, 1.54) is 11.0 Å². The second kappa shape index (κ2) is 8.84. The number of piperidine rings is 1. The van der Waals surface area contributed by atoms with Crippen LogP contribution in [0.15, 0.2) is 12.7 Å². The van der Waals surface area contributed by atoms with Crippen LogP contribution < -0.4 is 5.32 Å². The highest BCUT2D eigenvalue weighted by Crippen LogP contribution is 2.35. The average molecular weight is 381 g/mol. The van der Waals surface area contributed by atoms with E-state index in [-0.39, 0.29) is 17.9 Å². The van der Waals surface area contributed by atoms with E-state index in [2.05, 4.69) is 11.9 Å². The van der Waals surface area contributed by atoms with E-state index in [1.807, 2.05) is 20.8 Å². The number of carbonyl (C=O) groups excluding carboxylic acids is 3. The summed E-state index contributed by atoms with van der Waals surface area (Å²) in [5.41, 5.74) is -0.483. The number of nitrogens with one attached hydrogen (secondary N) is 1. The lowest BCUT2D eigenvalue weighted by Crippen LogP contribution is -2.63. The van der Waals surface area contributed by atoms with E-state index in [0.717, 1.165) is 0 Å². The Hall–Kier alpha value is -1.93. The first-order chi connectivity index (χ1) is 12.8. The molecule has 2 fully saturated rings. The Balaban J connectivity index is 1.96. The van der Waals surface area contributed by atoms with Gasteiger partial charge in [-0.3, -0.25) is 4.79 Å². The van der Waals surface area contributed by atoms with Crippen LogP contribution in [0.1, 0.15) is 33.6 Å². The number of carbonyl (C=O) groups is 3. The minimum atomic E-state index is -0.627. The maximum absolute atomic E-state index is 12.4. The number of esters is 1. The molecule has 0 bridgehead atoms. The van der Waals surface area contributed by atoms with E-state index in [1.54, 1.807) is 11.9 Å². The number of rotatable bonds is 4. The fraction of sp³-hybridized carbons (Fsp3) is 0.737. The van der Waals surface area contributed by atoms with E-state index in [0.29, 0.717) is 39.1 Å². The zero-order valence-electron chi connectivity index (χ0n) is 16.7. The van der Waals surface area contributed by atoms with Crippen LogP contribution in [-0.2, 0) is 19.1 Å². The first-order valence-corrected chi connectivity index (χ1v) is 9.50. The van der Waals surface area contributed by atoms with Crippen LogP contribution in [0.3, 0.4) is 0 Å². The first-order valence-electron chi connectivity index (χ1n) is 9.50. The lowest BCUT2D eigenvalue weighted by Gasteiger charge is -2.51. The standard InChI is InChI=1S/C19H31N3O5/c1-6-15(23)22-11-12-26-19(14(22)4)7-9-21(10-8-19)18(25)27-17(24)16(20-5)13(2)3/h6,13-14,16,20H,1,7-12H2,2-5H3/t14-,16+/m1/s1. The van der Waals surface area contributed by atoms with Crippen molar-refractivity contribution >= 4 is 18.0 Å². The molecule has 2 aliphatic rings. The summed E-state index contributed by atoms with van der Waals surface area (Å²) in [7, 11) is 1.67. The van der Waals surface area contributed by atoms with Crippen LogP contribution in [0.5, 0.6) is 0 Å². The lowest BCUT2D eigenvalue weighted by atomic mass is 9.82. The molecule has 0 aromatic heterocycles. The molecule has 2 amide bonds. The highest BCUT2D eigenvalue weighted by Gasteiger charge is 2.47. The van der Waals surface area contributed by atoms with Crippen LogP contribution in [-0.4, -0.2) is 78.7 Å². The molecule has 8 heteroatoms. The molecule has 27 heavy (non-hydrogen) atoms. The molecule has 2 heterocycles. The van der Waals surface area contributed by atoms with Crippen molar-refractivity contribution in [2.24, 2.45) is 5.92 Å². The Kier molecular flexibility index (Phi) is 7.00. The van der Waals surface area contributed by atoms with E-state index in [9.17, 15) is 14.4 Å². The summed E-state index contributed by atoms with van der Waals surface area (Å²) in [5, 5.41) is 2.87.